The van der Waals surface area contributed by atoms with Crippen molar-refractivity contribution in [3.05, 3.63) is 63.1 Å². The minimum Gasteiger partial charge on any atom is -0.351 e. The smallest absolute Gasteiger partial charge is 0.323 e. The van der Waals surface area contributed by atoms with E-state index >= 15 is 0 Å². The summed E-state index contributed by atoms with van der Waals surface area (Å²) >= 11 is 17.9. The van der Waals surface area contributed by atoms with E-state index in [1.807, 2.05) is 0 Å². The molecule has 0 aromatic heterocycles. The van der Waals surface area contributed by atoms with Crippen molar-refractivity contribution in [3.63, 3.8) is 0 Å². The number of hydrogen-bond acceptors (Lipinski definition) is 4. The van der Waals surface area contributed by atoms with Crippen LogP contribution in [-0.4, -0.2) is 60.0 Å². The Morgan fingerprint density at radius 2 is 1.74 bits per heavy atom. The number of nitrogens with two attached hydrogens (primary N) is 1. The first-order valence-electron chi connectivity index (χ1n) is 9.39. The summed E-state index contributed by atoms with van der Waals surface area (Å²) in [5, 5.41) is 6.31. The third-order valence-corrected chi connectivity index (χ3v) is 5.59. The van der Waals surface area contributed by atoms with Crippen molar-refractivity contribution in [2.45, 2.75) is 6.17 Å². The summed E-state index contributed by atoms with van der Waals surface area (Å²) in [6, 6.07) is 10.5. The molecule has 8 nitrogen and oxygen atoms in total. The average Bonchev–Trinajstić information content (AvgIpc) is 3.19. The molecular weight excluding hydrogens is 465 g/mol. The van der Waals surface area contributed by atoms with E-state index in [0.29, 0.717) is 15.7 Å². The number of halogens is 3. The van der Waals surface area contributed by atoms with Gasteiger partial charge in [0.05, 0.1) is 10.0 Å². The number of nitrogens with one attached hydrogen (secondary N) is 2. The molecule has 2 aromatic carbocycles. The van der Waals surface area contributed by atoms with Crippen LogP contribution < -0.4 is 16.4 Å². The summed E-state index contributed by atoms with van der Waals surface area (Å²) < 4.78 is 0. The number of anilines is 1. The molecule has 1 saturated heterocycles. The highest BCUT2D eigenvalue weighted by molar-refractivity contribution is 6.42. The van der Waals surface area contributed by atoms with Gasteiger partial charge in [-0.05, 0) is 36.4 Å². The number of amides is 4. The Kier molecular flexibility index (Phi) is 7.61. The van der Waals surface area contributed by atoms with Crippen molar-refractivity contribution in [3.8, 4) is 0 Å². The van der Waals surface area contributed by atoms with E-state index in [0.717, 1.165) is 0 Å². The summed E-state index contributed by atoms with van der Waals surface area (Å²) in [6.45, 7) is 0.727. The second-order valence-electron chi connectivity index (χ2n) is 6.71. The van der Waals surface area contributed by atoms with Gasteiger partial charge in [0.15, 0.2) is 6.17 Å². The molecule has 1 aliphatic rings. The lowest BCUT2D eigenvalue weighted by Gasteiger charge is -2.29. The van der Waals surface area contributed by atoms with Gasteiger partial charge in [0.25, 0.3) is 11.8 Å². The normalized spacial score (nSPS) is 15.7. The molecule has 0 spiro atoms. The largest absolute Gasteiger partial charge is 0.351 e. The molecule has 0 saturated carbocycles. The van der Waals surface area contributed by atoms with Crippen molar-refractivity contribution in [1.29, 1.82) is 0 Å². The highest BCUT2D eigenvalue weighted by Gasteiger charge is 2.43. The van der Waals surface area contributed by atoms with Crippen LogP contribution in [0.3, 0.4) is 0 Å². The molecule has 31 heavy (non-hydrogen) atoms. The molecule has 0 bridgehead atoms. The Labute approximate surface area is 194 Å². The summed E-state index contributed by atoms with van der Waals surface area (Å²) in [6.07, 6.45) is -1.16. The maximum atomic E-state index is 13.1. The van der Waals surface area contributed by atoms with Crippen molar-refractivity contribution in [1.82, 2.24) is 15.1 Å². The zero-order valence-electron chi connectivity index (χ0n) is 16.3. The maximum Gasteiger partial charge on any atom is 0.323 e. The van der Waals surface area contributed by atoms with Crippen LogP contribution in [-0.2, 0) is 4.79 Å². The Balaban J connectivity index is 1.85. The van der Waals surface area contributed by atoms with Crippen LogP contribution in [0.5, 0.6) is 0 Å². The van der Waals surface area contributed by atoms with E-state index in [-0.39, 0.29) is 36.8 Å². The fraction of sp³-hybridized carbons (Fsp3) is 0.250. The number of hydrogen-bond donors (Lipinski definition) is 3. The molecule has 4 amide bonds. The van der Waals surface area contributed by atoms with Gasteiger partial charge in [-0.25, -0.2) is 4.79 Å². The van der Waals surface area contributed by atoms with Gasteiger partial charge in [0.1, 0.15) is 0 Å². The molecule has 4 N–H and O–H groups in total. The van der Waals surface area contributed by atoms with E-state index in [2.05, 4.69) is 10.6 Å². The molecule has 0 aliphatic carbocycles. The minimum absolute atomic E-state index is 0.153. The Bertz CT molecular complexity index is 1000. The SMILES string of the molecule is NCCNC(=O)C1N(C(=O)Nc2cccc(Cl)c2)CCN1C(=O)c1ccc(Cl)c(Cl)c1. The molecule has 1 heterocycles. The summed E-state index contributed by atoms with van der Waals surface area (Å²) in [5.74, 6) is -0.970. The van der Waals surface area contributed by atoms with Gasteiger partial charge < -0.3 is 21.3 Å². The summed E-state index contributed by atoms with van der Waals surface area (Å²) in [4.78, 5) is 41.5. The van der Waals surface area contributed by atoms with Gasteiger partial charge in [-0.1, -0.05) is 40.9 Å². The molecule has 0 radical (unpaired) electrons. The number of rotatable bonds is 5. The Morgan fingerprint density at radius 3 is 2.42 bits per heavy atom. The van der Waals surface area contributed by atoms with Crippen molar-refractivity contribution in [2.24, 2.45) is 5.73 Å². The van der Waals surface area contributed by atoms with Gasteiger partial charge in [0, 0.05) is 42.5 Å². The van der Waals surface area contributed by atoms with Crippen LogP contribution in [0.4, 0.5) is 10.5 Å². The second kappa shape index (κ2) is 10.2. The Morgan fingerprint density at radius 1 is 1.00 bits per heavy atom. The number of benzene rings is 2. The fourth-order valence-electron chi connectivity index (χ4n) is 3.18. The van der Waals surface area contributed by atoms with E-state index in [4.69, 9.17) is 40.5 Å². The first-order valence-corrected chi connectivity index (χ1v) is 10.5. The third-order valence-electron chi connectivity index (χ3n) is 4.61. The van der Waals surface area contributed by atoms with E-state index < -0.39 is 24.0 Å². The molecular formula is C20H20Cl3N5O3. The highest BCUT2D eigenvalue weighted by atomic mass is 35.5. The van der Waals surface area contributed by atoms with E-state index in [1.54, 1.807) is 24.3 Å². The zero-order chi connectivity index (χ0) is 22.5. The summed E-state index contributed by atoms with van der Waals surface area (Å²) in [5.41, 5.74) is 6.19. The van der Waals surface area contributed by atoms with Crippen LogP contribution >= 0.6 is 34.8 Å². The van der Waals surface area contributed by atoms with Crippen molar-refractivity contribution >= 4 is 58.3 Å². The topological polar surface area (TPSA) is 108 Å². The lowest BCUT2D eigenvalue weighted by atomic mass is 10.2. The zero-order valence-corrected chi connectivity index (χ0v) is 18.5. The fourth-order valence-corrected chi connectivity index (χ4v) is 3.67. The van der Waals surface area contributed by atoms with Crippen LogP contribution in [0, 0.1) is 0 Å². The lowest BCUT2D eigenvalue weighted by molar-refractivity contribution is -0.127. The van der Waals surface area contributed by atoms with Crippen molar-refractivity contribution in [2.75, 3.05) is 31.5 Å². The average molecular weight is 485 g/mol. The maximum absolute atomic E-state index is 13.1. The van der Waals surface area contributed by atoms with Gasteiger partial charge >= 0.3 is 6.03 Å². The lowest BCUT2D eigenvalue weighted by Crippen LogP contribution is -2.55. The number of nitrogens with zero attached hydrogens (tertiary/aromatic N) is 2. The highest BCUT2D eigenvalue weighted by Crippen LogP contribution is 2.26. The molecule has 3 rings (SSSR count). The van der Waals surface area contributed by atoms with E-state index in [9.17, 15) is 14.4 Å². The molecule has 164 valence electrons. The molecule has 2 aromatic rings. The standard InChI is InChI=1S/C20H20Cl3N5O3/c21-13-2-1-3-14(11-13)26-20(31)28-9-8-27(18(28)17(29)25-7-6-24)19(30)12-4-5-15(22)16(23)10-12/h1-5,10-11,18H,6-9,24H2,(H,25,29)(H,26,31). The first kappa shape index (κ1) is 23.1. The molecule has 1 unspecified atom stereocenters. The molecule has 1 aliphatic heterocycles. The molecule has 1 atom stereocenters. The summed E-state index contributed by atoms with van der Waals surface area (Å²) in [7, 11) is 0. The van der Waals surface area contributed by atoms with Gasteiger partial charge in [-0.2, -0.15) is 0 Å². The van der Waals surface area contributed by atoms with Gasteiger partial charge in [-0.3, -0.25) is 14.5 Å². The van der Waals surface area contributed by atoms with Gasteiger partial charge in [-0.15, -0.1) is 0 Å². The predicted octanol–water partition coefficient (Wildman–Crippen LogP) is 3.04. The van der Waals surface area contributed by atoms with Crippen LogP contribution in [0.2, 0.25) is 15.1 Å². The predicted molar refractivity (Wildman–Crippen MR) is 121 cm³/mol. The van der Waals surface area contributed by atoms with Crippen LogP contribution in [0.25, 0.3) is 0 Å². The van der Waals surface area contributed by atoms with Crippen LogP contribution in [0.1, 0.15) is 10.4 Å². The van der Waals surface area contributed by atoms with E-state index in [1.165, 1.54) is 28.0 Å². The van der Waals surface area contributed by atoms with Crippen LogP contribution in [0.15, 0.2) is 42.5 Å². The second-order valence-corrected chi connectivity index (χ2v) is 7.97. The Hall–Kier alpha value is -2.52. The monoisotopic (exact) mass is 483 g/mol. The molecule has 1 fully saturated rings. The number of carbonyl (C=O) groups excluding carboxylic acids is 3. The first-order chi connectivity index (χ1) is 14.8. The molecule has 11 heteroatoms. The van der Waals surface area contributed by atoms with Crippen molar-refractivity contribution < 1.29 is 14.4 Å². The number of carbonyl (C=O) groups is 3. The quantitative estimate of drug-likeness (QED) is 0.606. The third kappa shape index (κ3) is 5.40. The number of urea groups is 1. The van der Waals surface area contributed by atoms with Gasteiger partial charge in [0.2, 0.25) is 0 Å². The minimum atomic E-state index is -1.16.